The maximum atomic E-state index is 10.9. The molecule has 0 aliphatic rings. The highest BCUT2D eigenvalue weighted by Crippen LogP contribution is 2.32. The minimum absolute atomic E-state index is 0.0154. The molecule has 0 aliphatic carbocycles. The van der Waals surface area contributed by atoms with E-state index in [1.807, 2.05) is 31.2 Å². The highest BCUT2D eigenvalue weighted by molar-refractivity contribution is 9.10. The molecule has 1 atom stereocenters. The molecule has 0 aromatic heterocycles. The fourth-order valence-electron chi connectivity index (χ4n) is 2.01. The standard InChI is InChI=1S/C15H15BrN2O3/c1-10(11-4-3-5-12(16)8-11)17-14-9-13(18(19)20)6-7-15(14)21-2/h3-10,17H,1-2H3. The van der Waals surface area contributed by atoms with Crippen molar-refractivity contribution in [3.05, 3.63) is 62.6 Å². The highest BCUT2D eigenvalue weighted by Gasteiger charge is 2.14. The van der Waals surface area contributed by atoms with Gasteiger partial charge in [-0.15, -0.1) is 0 Å². The summed E-state index contributed by atoms with van der Waals surface area (Å²) >= 11 is 3.43. The van der Waals surface area contributed by atoms with E-state index in [9.17, 15) is 10.1 Å². The van der Waals surface area contributed by atoms with Gasteiger partial charge in [-0.05, 0) is 30.7 Å². The van der Waals surface area contributed by atoms with Gasteiger partial charge in [0.05, 0.1) is 17.7 Å². The minimum atomic E-state index is -0.422. The number of methoxy groups -OCH3 is 1. The molecule has 0 bridgehead atoms. The number of benzene rings is 2. The quantitative estimate of drug-likeness (QED) is 0.635. The van der Waals surface area contributed by atoms with E-state index in [0.29, 0.717) is 11.4 Å². The lowest BCUT2D eigenvalue weighted by Gasteiger charge is -2.18. The molecule has 1 unspecified atom stereocenters. The number of ether oxygens (including phenoxy) is 1. The molecule has 0 amide bonds. The van der Waals surface area contributed by atoms with Gasteiger partial charge in [-0.1, -0.05) is 28.1 Å². The summed E-state index contributed by atoms with van der Waals surface area (Å²) in [6.07, 6.45) is 0. The first-order chi connectivity index (χ1) is 10.0. The second-order valence-corrected chi connectivity index (χ2v) is 5.48. The Kier molecular flexibility index (Phi) is 4.80. The maximum absolute atomic E-state index is 10.9. The van der Waals surface area contributed by atoms with Crippen molar-refractivity contribution in [3.8, 4) is 5.75 Å². The Balaban J connectivity index is 2.29. The lowest BCUT2D eigenvalue weighted by molar-refractivity contribution is -0.384. The molecule has 1 N–H and O–H groups in total. The summed E-state index contributed by atoms with van der Waals surface area (Å²) in [6.45, 7) is 1.99. The molecule has 0 saturated heterocycles. The van der Waals surface area contributed by atoms with Crippen LogP contribution in [0.3, 0.4) is 0 Å². The summed E-state index contributed by atoms with van der Waals surface area (Å²) in [5.74, 6) is 0.572. The van der Waals surface area contributed by atoms with Crippen molar-refractivity contribution in [1.29, 1.82) is 0 Å². The van der Waals surface area contributed by atoms with E-state index >= 15 is 0 Å². The number of hydrogen-bond donors (Lipinski definition) is 1. The summed E-state index contributed by atoms with van der Waals surface area (Å²) in [4.78, 5) is 10.5. The van der Waals surface area contributed by atoms with Crippen molar-refractivity contribution < 1.29 is 9.66 Å². The van der Waals surface area contributed by atoms with Crippen LogP contribution < -0.4 is 10.1 Å². The van der Waals surface area contributed by atoms with Crippen LogP contribution in [0.25, 0.3) is 0 Å². The van der Waals surface area contributed by atoms with Crippen LogP contribution in [0.15, 0.2) is 46.9 Å². The first kappa shape index (κ1) is 15.3. The molecular formula is C15H15BrN2O3. The van der Waals surface area contributed by atoms with Gasteiger partial charge in [-0.2, -0.15) is 0 Å². The zero-order valence-electron chi connectivity index (χ0n) is 11.7. The Labute approximate surface area is 131 Å². The van der Waals surface area contributed by atoms with E-state index in [1.54, 1.807) is 6.07 Å². The van der Waals surface area contributed by atoms with Crippen molar-refractivity contribution in [2.24, 2.45) is 0 Å². The minimum Gasteiger partial charge on any atom is -0.495 e. The van der Waals surface area contributed by atoms with Crippen LogP contribution in [-0.4, -0.2) is 12.0 Å². The van der Waals surface area contributed by atoms with Crippen LogP contribution in [-0.2, 0) is 0 Å². The van der Waals surface area contributed by atoms with Gasteiger partial charge in [0.1, 0.15) is 5.75 Å². The van der Waals surface area contributed by atoms with Gasteiger partial charge in [-0.3, -0.25) is 10.1 Å². The third-order valence-electron chi connectivity index (χ3n) is 3.11. The number of nitro benzene ring substituents is 1. The van der Waals surface area contributed by atoms with Crippen LogP contribution in [0.4, 0.5) is 11.4 Å². The van der Waals surface area contributed by atoms with Crippen LogP contribution in [0.1, 0.15) is 18.5 Å². The molecule has 6 heteroatoms. The average molecular weight is 351 g/mol. The molecule has 0 heterocycles. The predicted octanol–water partition coefficient (Wildman–Crippen LogP) is 4.54. The summed E-state index contributed by atoms with van der Waals surface area (Å²) in [5.41, 5.74) is 1.69. The third kappa shape index (κ3) is 3.72. The molecule has 110 valence electrons. The molecular weight excluding hydrogens is 336 g/mol. The zero-order chi connectivity index (χ0) is 15.4. The van der Waals surface area contributed by atoms with Crippen molar-refractivity contribution in [1.82, 2.24) is 0 Å². The van der Waals surface area contributed by atoms with E-state index in [0.717, 1.165) is 10.0 Å². The van der Waals surface area contributed by atoms with Crippen LogP contribution in [0.2, 0.25) is 0 Å². The SMILES string of the molecule is COc1ccc([N+](=O)[O-])cc1NC(C)c1cccc(Br)c1. The van der Waals surface area contributed by atoms with Gasteiger partial charge in [0, 0.05) is 22.6 Å². The van der Waals surface area contributed by atoms with Crippen LogP contribution >= 0.6 is 15.9 Å². The Bertz CT molecular complexity index is 661. The number of non-ortho nitro benzene ring substituents is 1. The fraction of sp³-hybridized carbons (Fsp3) is 0.200. The molecule has 0 fully saturated rings. The molecule has 0 radical (unpaired) electrons. The molecule has 5 nitrogen and oxygen atoms in total. The largest absolute Gasteiger partial charge is 0.495 e. The Morgan fingerprint density at radius 3 is 2.67 bits per heavy atom. The fourth-order valence-corrected chi connectivity index (χ4v) is 2.43. The molecule has 0 saturated carbocycles. The second-order valence-electron chi connectivity index (χ2n) is 4.56. The predicted molar refractivity (Wildman–Crippen MR) is 85.8 cm³/mol. The van der Waals surface area contributed by atoms with Gasteiger partial charge in [-0.25, -0.2) is 0 Å². The third-order valence-corrected chi connectivity index (χ3v) is 3.61. The number of nitrogens with one attached hydrogen (secondary N) is 1. The zero-order valence-corrected chi connectivity index (χ0v) is 13.3. The number of halogens is 1. The van der Waals surface area contributed by atoms with Crippen molar-refractivity contribution in [2.45, 2.75) is 13.0 Å². The first-order valence-corrected chi connectivity index (χ1v) is 7.15. The summed E-state index contributed by atoms with van der Waals surface area (Å²) in [5, 5.41) is 14.1. The van der Waals surface area contributed by atoms with Crippen LogP contribution in [0.5, 0.6) is 5.75 Å². The summed E-state index contributed by atoms with van der Waals surface area (Å²) < 4.78 is 6.23. The van der Waals surface area contributed by atoms with Crippen LogP contribution in [0, 0.1) is 10.1 Å². The van der Waals surface area contributed by atoms with Crippen molar-refractivity contribution in [2.75, 3.05) is 12.4 Å². The summed E-state index contributed by atoms with van der Waals surface area (Å²) in [6, 6.07) is 12.4. The number of nitrogens with zero attached hydrogens (tertiary/aromatic N) is 1. The van der Waals surface area contributed by atoms with Gasteiger partial charge < -0.3 is 10.1 Å². The lowest BCUT2D eigenvalue weighted by atomic mass is 10.1. The topological polar surface area (TPSA) is 64.4 Å². The van der Waals surface area contributed by atoms with Gasteiger partial charge >= 0.3 is 0 Å². The first-order valence-electron chi connectivity index (χ1n) is 6.35. The molecule has 21 heavy (non-hydrogen) atoms. The monoisotopic (exact) mass is 350 g/mol. The Morgan fingerprint density at radius 1 is 1.29 bits per heavy atom. The van der Waals surface area contributed by atoms with E-state index in [1.165, 1.54) is 19.2 Å². The van der Waals surface area contributed by atoms with E-state index in [4.69, 9.17) is 4.74 Å². The smallest absolute Gasteiger partial charge is 0.271 e. The van der Waals surface area contributed by atoms with Gasteiger partial charge in [0.25, 0.3) is 5.69 Å². The average Bonchev–Trinajstić information content (AvgIpc) is 2.47. The maximum Gasteiger partial charge on any atom is 0.271 e. The van der Waals surface area contributed by atoms with E-state index in [2.05, 4.69) is 21.2 Å². The summed E-state index contributed by atoms with van der Waals surface area (Å²) in [7, 11) is 1.54. The second kappa shape index (κ2) is 6.58. The number of rotatable bonds is 5. The van der Waals surface area contributed by atoms with Crippen molar-refractivity contribution in [3.63, 3.8) is 0 Å². The van der Waals surface area contributed by atoms with Gasteiger partial charge in [0.2, 0.25) is 0 Å². The van der Waals surface area contributed by atoms with Gasteiger partial charge in [0.15, 0.2) is 0 Å². The normalized spacial score (nSPS) is 11.8. The molecule has 2 aromatic carbocycles. The molecule has 0 spiro atoms. The Morgan fingerprint density at radius 2 is 2.05 bits per heavy atom. The van der Waals surface area contributed by atoms with E-state index in [-0.39, 0.29) is 11.7 Å². The number of hydrogen-bond acceptors (Lipinski definition) is 4. The van der Waals surface area contributed by atoms with E-state index < -0.39 is 4.92 Å². The Hall–Kier alpha value is -2.08. The highest BCUT2D eigenvalue weighted by atomic mass is 79.9. The lowest BCUT2D eigenvalue weighted by Crippen LogP contribution is -2.08. The molecule has 2 aromatic rings. The number of anilines is 1. The molecule has 2 rings (SSSR count). The van der Waals surface area contributed by atoms with Crippen molar-refractivity contribution >= 4 is 27.3 Å². The number of nitro groups is 1. The molecule has 0 aliphatic heterocycles.